The molecule has 1 heterocycles. The quantitative estimate of drug-likeness (QED) is 0.444. The second kappa shape index (κ2) is 8.38. The molecule has 1 aromatic heterocycles. The topological polar surface area (TPSA) is 98.0 Å². The molecule has 2 amide bonds. The molecule has 0 bridgehead atoms. The number of hydrogen-bond acceptors (Lipinski definition) is 4. The third-order valence-corrected chi connectivity index (χ3v) is 5.11. The number of amides is 2. The van der Waals surface area contributed by atoms with E-state index in [0.29, 0.717) is 16.3 Å². The number of nitrogens with two attached hydrogens (primary N) is 1. The maximum atomic E-state index is 11.7. The smallest absolute Gasteiger partial charge is 0.248 e. The minimum Gasteiger partial charge on any atom is -0.366 e. The van der Waals surface area contributed by atoms with Crippen LogP contribution in [0.15, 0.2) is 79.8 Å². The summed E-state index contributed by atoms with van der Waals surface area (Å²) in [5.41, 5.74) is 10.4. The standard InChI is InChI=1S/C24H17ClN4O2/c1-2-22(30)29-18-5-3-4-14(9-18)20-10-16(8-17-12-27-13-28-23(17)20)19-7-6-15(24(26)31)11-21(19)25/h2-13H,1H2,(H2,26,31)(H,29,30). The molecule has 152 valence electrons. The Balaban J connectivity index is 1.89. The van der Waals surface area contributed by atoms with Crippen LogP contribution in [-0.2, 0) is 4.79 Å². The van der Waals surface area contributed by atoms with E-state index >= 15 is 0 Å². The molecule has 0 unspecified atom stereocenters. The first kappa shape index (κ1) is 20.3. The van der Waals surface area contributed by atoms with Crippen LogP contribution in [0.5, 0.6) is 0 Å². The zero-order valence-electron chi connectivity index (χ0n) is 16.3. The number of halogens is 1. The summed E-state index contributed by atoms with van der Waals surface area (Å²) in [4.78, 5) is 31.7. The monoisotopic (exact) mass is 428 g/mol. The van der Waals surface area contributed by atoms with Crippen LogP contribution >= 0.6 is 11.6 Å². The summed E-state index contributed by atoms with van der Waals surface area (Å²) in [6, 6.07) is 16.3. The first-order valence-electron chi connectivity index (χ1n) is 9.33. The summed E-state index contributed by atoms with van der Waals surface area (Å²) in [5.74, 6) is -0.834. The lowest BCUT2D eigenvalue weighted by atomic mass is 9.95. The zero-order chi connectivity index (χ0) is 22.0. The fraction of sp³-hybridized carbons (Fsp3) is 0. The number of nitrogens with zero attached hydrogens (tertiary/aromatic N) is 2. The van der Waals surface area contributed by atoms with E-state index in [2.05, 4.69) is 21.9 Å². The van der Waals surface area contributed by atoms with Crippen LogP contribution in [0, 0.1) is 0 Å². The van der Waals surface area contributed by atoms with Crippen LogP contribution in [0.4, 0.5) is 5.69 Å². The number of aromatic nitrogens is 2. The molecule has 3 aromatic carbocycles. The summed E-state index contributed by atoms with van der Waals surface area (Å²) < 4.78 is 0. The summed E-state index contributed by atoms with van der Waals surface area (Å²) in [5, 5.41) is 4.00. The van der Waals surface area contributed by atoms with Crippen LogP contribution in [0.25, 0.3) is 33.2 Å². The number of fused-ring (bicyclic) bond motifs is 1. The van der Waals surface area contributed by atoms with Gasteiger partial charge >= 0.3 is 0 Å². The Labute approximate surface area is 183 Å². The molecule has 6 nitrogen and oxygen atoms in total. The van der Waals surface area contributed by atoms with E-state index in [1.165, 1.54) is 12.4 Å². The predicted octanol–water partition coefficient (Wildman–Crippen LogP) is 4.84. The average Bonchev–Trinajstić information content (AvgIpc) is 2.78. The Morgan fingerprint density at radius 1 is 1.03 bits per heavy atom. The van der Waals surface area contributed by atoms with Crippen molar-refractivity contribution in [3.63, 3.8) is 0 Å². The van der Waals surface area contributed by atoms with E-state index in [4.69, 9.17) is 17.3 Å². The summed E-state index contributed by atoms with van der Waals surface area (Å²) in [7, 11) is 0. The average molecular weight is 429 g/mol. The van der Waals surface area contributed by atoms with Gasteiger partial charge in [-0.25, -0.2) is 9.97 Å². The van der Waals surface area contributed by atoms with Crippen molar-refractivity contribution in [2.45, 2.75) is 0 Å². The van der Waals surface area contributed by atoms with Gasteiger partial charge < -0.3 is 11.1 Å². The van der Waals surface area contributed by atoms with Crippen molar-refractivity contribution in [2.75, 3.05) is 5.32 Å². The highest BCUT2D eigenvalue weighted by atomic mass is 35.5. The van der Waals surface area contributed by atoms with Crippen molar-refractivity contribution in [1.82, 2.24) is 9.97 Å². The van der Waals surface area contributed by atoms with E-state index in [1.807, 2.05) is 30.3 Å². The summed E-state index contributed by atoms with van der Waals surface area (Å²) in [6.45, 7) is 3.48. The van der Waals surface area contributed by atoms with Gasteiger partial charge in [-0.15, -0.1) is 0 Å². The van der Waals surface area contributed by atoms with E-state index in [1.54, 1.807) is 30.5 Å². The van der Waals surface area contributed by atoms with Crippen molar-refractivity contribution < 1.29 is 9.59 Å². The maximum absolute atomic E-state index is 11.7. The molecule has 4 rings (SSSR count). The van der Waals surface area contributed by atoms with Crippen molar-refractivity contribution in [3.8, 4) is 22.3 Å². The van der Waals surface area contributed by atoms with Gasteiger partial charge in [-0.05, 0) is 53.6 Å². The van der Waals surface area contributed by atoms with E-state index < -0.39 is 5.91 Å². The van der Waals surface area contributed by atoms with Crippen molar-refractivity contribution in [1.29, 1.82) is 0 Å². The first-order chi connectivity index (χ1) is 15.0. The highest BCUT2D eigenvalue weighted by Crippen LogP contribution is 2.36. The number of carbonyl (C=O) groups is 2. The Morgan fingerprint density at radius 2 is 1.87 bits per heavy atom. The second-order valence-electron chi connectivity index (χ2n) is 6.82. The Morgan fingerprint density at radius 3 is 2.61 bits per heavy atom. The van der Waals surface area contributed by atoms with Crippen molar-refractivity contribution in [2.24, 2.45) is 5.73 Å². The lowest BCUT2D eigenvalue weighted by molar-refractivity contribution is -0.111. The molecular formula is C24H17ClN4O2. The molecule has 0 fully saturated rings. The molecule has 0 saturated heterocycles. The third kappa shape index (κ3) is 4.15. The number of primary amides is 1. The largest absolute Gasteiger partial charge is 0.366 e. The van der Waals surface area contributed by atoms with Gasteiger partial charge in [0.2, 0.25) is 11.8 Å². The predicted molar refractivity (Wildman–Crippen MR) is 123 cm³/mol. The van der Waals surface area contributed by atoms with Gasteiger partial charge in [0.25, 0.3) is 0 Å². The number of carbonyl (C=O) groups excluding carboxylic acids is 2. The molecule has 3 N–H and O–H groups in total. The second-order valence-corrected chi connectivity index (χ2v) is 7.22. The number of rotatable bonds is 5. The molecule has 0 atom stereocenters. The van der Waals surface area contributed by atoms with Gasteiger partial charge in [-0.3, -0.25) is 9.59 Å². The fourth-order valence-electron chi connectivity index (χ4n) is 3.34. The molecule has 0 radical (unpaired) electrons. The fourth-order valence-corrected chi connectivity index (χ4v) is 3.63. The minimum absolute atomic E-state index is 0.292. The molecule has 0 spiro atoms. The van der Waals surface area contributed by atoms with Crippen LogP contribution in [0.1, 0.15) is 10.4 Å². The number of anilines is 1. The Kier molecular flexibility index (Phi) is 5.47. The highest BCUT2D eigenvalue weighted by Gasteiger charge is 2.13. The van der Waals surface area contributed by atoms with Crippen molar-refractivity contribution >= 4 is 40.0 Å². The molecule has 0 aliphatic rings. The van der Waals surface area contributed by atoms with Crippen LogP contribution in [-0.4, -0.2) is 21.8 Å². The van der Waals surface area contributed by atoms with Gasteiger partial charge in [-0.1, -0.05) is 36.4 Å². The van der Waals surface area contributed by atoms with E-state index in [0.717, 1.165) is 33.2 Å². The van der Waals surface area contributed by atoms with Gasteiger partial charge in [-0.2, -0.15) is 0 Å². The summed E-state index contributed by atoms with van der Waals surface area (Å²) >= 11 is 6.46. The molecular weight excluding hydrogens is 412 g/mol. The summed E-state index contributed by atoms with van der Waals surface area (Å²) in [6.07, 6.45) is 4.43. The van der Waals surface area contributed by atoms with Crippen LogP contribution < -0.4 is 11.1 Å². The van der Waals surface area contributed by atoms with Crippen molar-refractivity contribution in [3.05, 3.63) is 90.4 Å². The SMILES string of the molecule is C=CC(=O)Nc1cccc(-c2cc(-c3ccc(C(N)=O)cc3Cl)cc3cncnc23)c1. The first-order valence-corrected chi connectivity index (χ1v) is 9.71. The Bertz CT molecular complexity index is 1350. The molecule has 7 heteroatoms. The van der Waals surface area contributed by atoms with Gasteiger partial charge in [0.15, 0.2) is 0 Å². The van der Waals surface area contributed by atoms with Crippen LogP contribution in [0.2, 0.25) is 5.02 Å². The normalized spacial score (nSPS) is 10.6. The highest BCUT2D eigenvalue weighted by molar-refractivity contribution is 6.33. The maximum Gasteiger partial charge on any atom is 0.248 e. The van der Waals surface area contributed by atoms with Gasteiger partial charge in [0.1, 0.15) is 6.33 Å². The number of hydrogen-bond donors (Lipinski definition) is 2. The van der Waals surface area contributed by atoms with E-state index in [-0.39, 0.29) is 5.91 Å². The third-order valence-electron chi connectivity index (χ3n) is 4.80. The lowest BCUT2D eigenvalue weighted by Crippen LogP contribution is -2.10. The molecule has 0 saturated carbocycles. The molecule has 4 aromatic rings. The number of benzene rings is 3. The minimum atomic E-state index is -0.542. The van der Waals surface area contributed by atoms with E-state index in [9.17, 15) is 9.59 Å². The van der Waals surface area contributed by atoms with Gasteiger partial charge in [0, 0.05) is 39.0 Å². The van der Waals surface area contributed by atoms with Gasteiger partial charge in [0.05, 0.1) is 5.52 Å². The molecule has 31 heavy (non-hydrogen) atoms. The zero-order valence-corrected chi connectivity index (χ0v) is 17.1. The van der Waals surface area contributed by atoms with Crippen LogP contribution in [0.3, 0.4) is 0 Å². The molecule has 0 aliphatic heterocycles. The lowest BCUT2D eigenvalue weighted by Gasteiger charge is -2.13. The number of nitrogens with one attached hydrogen (secondary N) is 1. The Hall–Kier alpha value is -4.03. The molecule has 0 aliphatic carbocycles.